The number of nitrogens with zero attached hydrogens (tertiary/aromatic N) is 4. The van der Waals surface area contributed by atoms with E-state index >= 15 is 0 Å². The highest BCUT2D eigenvalue weighted by molar-refractivity contribution is 5.82. The zero-order valence-corrected chi connectivity index (χ0v) is 9.06. The molecule has 0 bridgehead atoms. The van der Waals surface area contributed by atoms with E-state index in [4.69, 9.17) is 0 Å². The third kappa shape index (κ3) is 1.77. The van der Waals surface area contributed by atoms with Crippen molar-refractivity contribution in [3.8, 4) is 0 Å². The SMILES string of the molecule is CCCCn1cnc2c(NC)ncnc21. The lowest BCUT2D eigenvalue weighted by molar-refractivity contribution is 0.641. The maximum atomic E-state index is 4.32. The molecule has 0 fully saturated rings. The molecule has 5 nitrogen and oxygen atoms in total. The lowest BCUT2D eigenvalue weighted by Crippen LogP contribution is -1.99. The summed E-state index contributed by atoms with van der Waals surface area (Å²) < 4.78 is 2.07. The Morgan fingerprint density at radius 2 is 2.20 bits per heavy atom. The van der Waals surface area contributed by atoms with E-state index in [-0.39, 0.29) is 0 Å². The monoisotopic (exact) mass is 205 g/mol. The van der Waals surface area contributed by atoms with Gasteiger partial charge in [0, 0.05) is 13.6 Å². The van der Waals surface area contributed by atoms with E-state index in [2.05, 4.69) is 31.8 Å². The zero-order chi connectivity index (χ0) is 10.7. The summed E-state index contributed by atoms with van der Waals surface area (Å²) in [7, 11) is 1.84. The molecule has 0 amide bonds. The molecule has 0 unspecified atom stereocenters. The fourth-order valence-corrected chi connectivity index (χ4v) is 1.56. The Morgan fingerprint density at radius 1 is 1.33 bits per heavy atom. The highest BCUT2D eigenvalue weighted by Gasteiger charge is 2.07. The first-order valence-corrected chi connectivity index (χ1v) is 5.20. The Balaban J connectivity index is 2.42. The van der Waals surface area contributed by atoms with Crippen LogP contribution < -0.4 is 5.32 Å². The third-order valence-corrected chi connectivity index (χ3v) is 2.39. The Bertz CT molecular complexity index is 448. The summed E-state index contributed by atoms with van der Waals surface area (Å²) in [6.45, 7) is 3.14. The van der Waals surface area contributed by atoms with Gasteiger partial charge in [-0.05, 0) is 6.42 Å². The van der Waals surface area contributed by atoms with Gasteiger partial charge < -0.3 is 9.88 Å². The summed E-state index contributed by atoms with van der Waals surface area (Å²) in [6.07, 6.45) is 5.71. The molecule has 0 saturated heterocycles. The Morgan fingerprint density at radius 3 is 2.93 bits per heavy atom. The molecule has 0 aliphatic rings. The van der Waals surface area contributed by atoms with Crippen LogP contribution in [0.1, 0.15) is 19.8 Å². The number of anilines is 1. The van der Waals surface area contributed by atoms with Gasteiger partial charge in [-0.3, -0.25) is 0 Å². The Labute approximate surface area is 88.6 Å². The number of rotatable bonds is 4. The number of unbranched alkanes of at least 4 members (excludes halogenated alkanes) is 1. The van der Waals surface area contributed by atoms with Crippen LogP contribution in [0.15, 0.2) is 12.7 Å². The van der Waals surface area contributed by atoms with E-state index in [0.717, 1.165) is 29.9 Å². The number of hydrogen-bond donors (Lipinski definition) is 1. The van der Waals surface area contributed by atoms with Crippen LogP contribution in [0.3, 0.4) is 0 Å². The van der Waals surface area contributed by atoms with Gasteiger partial charge in [0.05, 0.1) is 6.33 Å². The largest absolute Gasteiger partial charge is 0.371 e. The first kappa shape index (κ1) is 9.89. The number of aryl methyl sites for hydroxylation is 1. The average Bonchev–Trinajstić information content (AvgIpc) is 2.69. The van der Waals surface area contributed by atoms with Crippen molar-refractivity contribution in [2.24, 2.45) is 0 Å². The van der Waals surface area contributed by atoms with Crippen molar-refractivity contribution in [1.82, 2.24) is 19.5 Å². The van der Waals surface area contributed by atoms with Crippen molar-refractivity contribution in [1.29, 1.82) is 0 Å². The van der Waals surface area contributed by atoms with Crippen molar-refractivity contribution < 1.29 is 0 Å². The molecule has 2 heterocycles. The van der Waals surface area contributed by atoms with Crippen molar-refractivity contribution >= 4 is 17.0 Å². The number of aromatic nitrogens is 4. The summed E-state index contributed by atoms with van der Waals surface area (Å²) in [4.78, 5) is 12.7. The second-order valence-corrected chi connectivity index (χ2v) is 3.44. The number of nitrogens with one attached hydrogen (secondary N) is 1. The van der Waals surface area contributed by atoms with E-state index in [1.54, 1.807) is 6.33 Å². The lowest BCUT2D eigenvalue weighted by atomic mass is 10.3. The van der Waals surface area contributed by atoms with E-state index < -0.39 is 0 Å². The molecule has 0 spiro atoms. The van der Waals surface area contributed by atoms with Crippen molar-refractivity contribution in [2.75, 3.05) is 12.4 Å². The van der Waals surface area contributed by atoms with Gasteiger partial charge in [-0.25, -0.2) is 15.0 Å². The average molecular weight is 205 g/mol. The number of imidazole rings is 1. The first-order chi connectivity index (χ1) is 7.36. The summed E-state index contributed by atoms with van der Waals surface area (Å²) in [5, 5.41) is 3.01. The fourth-order valence-electron chi connectivity index (χ4n) is 1.56. The van der Waals surface area contributed by atoms with Gasteiger partial charge in [0.2, 0.25) is 0 Å². The predicted molar refractivity (Wildman–Crippen MR) is 59.8 cm³/mol. The van der Waals surface area contributed by atoms with Crippen molar-refractivity contribution in [3.63, 3.8) is 0 Å². The molecule has 80 valence electrons. The molecule has 15 heavy (non-hydrogen) atoms. The maximum Gasteiger partial charge on any atom is 0.165 e. The summed E-state index contributed by atoms with van der Waals surface area (Å²) in [5.74, 6) is 0.787. The zero-order valence-electron chi connectivity index (χ0n) is 9.06. The predicted octanol–water partition coefficient (Wildman–Crippen LogP) is 1.67. The quantitative estimate of drug-likeness (QED) is 0.824. The van der Waals surface area contributed by atoms with Gasteiger partial charge in [0.1, 0.15) is 11.8 Å². The van der Waals surface area contributed by atoms with Gasteiger partial charge >= 0.3 is 0 Å². The van der Waals surface area contributed by atoms with Crippen LogP contribution in [-0.4, -0.2) is 26.6 Å². The molecule has 1 N–H and O–H groups in total. The van der Waals surface area contributed by atoms with Gasteiger partial charge in [0.25, 0.3) is 0 Å². The lowest BCUT2D eigenvalue weighted by Gasteiger charge is -2.02. The molecule has 2 rings (SSSR count). The van der Waals surface area contributed by atoms with Gasteiger partial charge in [0.15, 0.2) is 11.5 Å². The topological polar surface area (TPSA) is 55.6 Å². The number of fused-ring (bicyclic) bond motifs is 1. The van der Waals surface area contributed by atoms with Gasteiger partial charge in [-0.15, -0.1) is 0 Å². The van der Waals surface area contributed by atoms with Gasteiger partial charge in [-0.1, -0.05) is 13.3 Å². The Hall–Kier alpha value is -1.65. The van der Waals surface area contributed by atoms with Crippen LogP contribution >= 0.6 is 0 Å². The summed E-state index contributed by atoms with van der Waals surface area (Å²) in [6, 6.07) is 0. The minimum atomic E-state index is 0.787. The van der Waals surface area contributed by atoms with Crippen LogP contribution in [0.25, 0.3) is 11.2 Å². The van der Waals surface area contributed by atoms with E-state index in [1.807, 2.05) is 13.4 Å². The molecule has 0 atom stereocenters. The minimum absolute atomic E-state index is 0.787. The normalized spacial score (nSPS) is 10.8. The van der Waals surface area contributed by atoms with Crippen LogP contribution in [0.5, 0.6) is 0 Å². The molecule has 5 heteroatoms. The molecule has 0 saturated carbocycles. The van der Waals surface area contributed by atoms with Crippen LogP contribution in [-0.2, 0) is 6.54 Å². The molecular formula is C10H15N5. The van der Waals surface area contributed by atoms with E-state index in [1.165, 1.54) is 6.42 Å². The second kappa shape index (κ2) is 4.25. The molecule has 0 aliphatic carbocycles. The smallest absolute Gasteiger partial charge is 0.165 e. The molecule has 0 radical (unpaired) electrons. The first-order valence-electron chi connectivity index (χ1n) is 5.20. The summed E-state index contributed by atoms with van der Waals surface area (Å²) >= 11 is 0. The van der Waals surface area contributed by atoms with Crippen LogP contribution in [0.4, 0.5) is 5.82 Å². The van der Waals surface area contributed by atoms with E-state index in [0.29, 0.717) is 0 Å². The highest BCUT2D eigenvalue weighted by atomic mass is 15.1. The van der Waals surface area contributed by atoms with Gasteiger partial charge in [-0.2, -0.15) is 0 Å². The molecule has 0 aromatic carbocycles. The standard InChI is InChI=1S/C10H15N5/c1-3-4-5-15-7-14-8-9(11-2)12-6-13-10(8)15/h6-7H,3-5H2,1-2H3,(H,11,12,13). The van der Waals surface area contributed by atoms with E-state index in [9.17, 15) is 0 Å². The molecule has 2 aromatic heterocycles. The highest BCUT2D eigenvalue weighted by Crippen LogP contribution is 2.16. The Kier molecular flexibility index (Phi) is 2.80. The number of hydrogen-bond acceptors (Lipinski definition) is 4. The molecular weight excluding hydrogens is 190 g/mol. The van der Waals surface area contributed by atoms with Crippen LogP contribution in [0, 0.1) is 0 Å². The minimum Gasteiger partial charge on any atom is -0.371 e. The fraction of sp³-hybridized carbons (Fsp3) is 0.500. The molecule has 2 aromatic rings. The van der Waals surface area contributed by atoms with Crippen LogP contribution in [0.2, 0.25) is 0 Å². The molecule has 0 aliphatic heterocycles. The summed E-state index contributed by atoms with van der Waals surface area (Å²) in [5.41, 5.74) is 1.75. The van der Waals surface area contributed by atoms with Crippen molar-refractivity contribution in [2.45, 2.75) is 26.3 Å². The van der Waals surface area contributed by atoms with Crippen molar-refractivity contribution in [3.05, 3.63) is 12.7 Å². The maximum absolute atomic E-state index is 4.32. The second-order valence-electron chi connectivity index (χ2n) is 3.44. The third-order valence-electron chi connectivity index (χ3n) is 2.39.